The molecule has 0 aliphatic carbocycles. The zero-order chi connectivity index (χ0) is 16.3. The highest BCUT2D eigenvalue weighted by Crippen LogP contribution is 2.26. The van der Waals surface area contributed by atoms with Gasteiger partial charge in [0, 0.05) is 10.0 Å². The average Bonchev–Trinajstić information content (AvgIpc) is 2.47. The molecule has 1 fully saturated rings. The van der Waals surface area contributed by atoms with Gasteiger partial charge in [0.2, 0.25) is 5.91 Å². The monoisotopic (exact) mass is 342 g/mol. The van der Waals surface area contributed by atoms with Crippen LogP contribution in [0.4, 0.5) is 0 Å². The molecule has 1 heterocycles. The van der Waals surface area contributed by atoms with E-state index in [4.69, 9.17) is 23.2 Å². The molecule has 0 aromatic heterocycles. The number of carbonyl (C=O) groups excluding carboxylic acids is 1. The summed E-state index contributed by atoms with van der Waals surface area (Å²) in [6.45, 7) is 8.17. The summed E-state index contributed by atoms with van der Waals surface area (Å²) in [5.74, 6) is 0.811. The Morgan fingerprint density at radius 3 is 2.50 bits per heavy atom. The molecule has 2 rings (SSSR count). The first-order valence-electron chi connectivity index (χ1n) is 7.88. The molecular weight excluding hydrogens is 319 g/mol. The Hall–Kier alpha value is -0.770. The third-order valence-corrected chi connectivity index (χ3v) is 5.10. The number of nitrogens with zero attached hydrogens (tertiary/aromatic N) is 1. The van der Waals surface area contributed by atoms with Crippen molar-refractivity contribution < 1.29 is 4.79 Å². The van der Waals surface area contributed by atoms with Crippen molar-refractivity contribution in [3.63, 3.8) is 0 Å². The lowest BCUT2D eigenvalue weighted by Crippen LogP contribution is -2.48. The predicted octanol–water partition coefficient (Wildman–Crippen LogP) is 4.29. The highest BCUT2D eigenvalue weighted by Gasteiger charge is 2.26. The summed E-state index contributed by atoms with van der Waals surface area (Å²) in [7, 11) is 0. The van der Waals surface area contributed by atoms with E-state index in [0.29, 0.717) is 10.0 Å². The van der Waals surface area contributed by atoms with Crippen molar-refractivity contribution in [2.75, 3.05) is 13.1 Å². The number of hydrogen-bond donors (Lipinski definition) is 1. The Balaban J connectivity index is 1.95. The molecule has 2 atom stereocenters. The van der Waals surface area contributed by atoms with E-state index in [-0.39, 0.29) is 18.0 Å². The fourth-order valence-electron chi connectivity index (χ4n) is 2.85. The summed E-state index contributed by atoms with van der Waals surface area (Å²) in [4.78, 5) is 14.7. The van der Waals surface area contributed by atoms with Crippen LogP contribution in [-0.4, -0.2) is 29.9 Å². The number of nitrogens with one attached hydrogen (secondary N) is 1. The SMILES string of the molecule is CC1CCN(C(C)C(=O)NC(C)c2ccc(Cl)cc2Cl)CC1. The zero-order valence-electron chi connectivity index (χ0n) is 13.4. The Morgan fingerprint density at radius 1 is 1.27 bits per heavy atom. The average molecular weight is 343 g/mol. The number of rotatable bonds is 4. The number of halogens is 2. The van der Waals surface area contributed by atoms with Gasteiger partial charge in [-0.1, -0.05) is 36.2 Å². The summed E-state index contributed by atoms with van der Waals surface area (Å²) < 4.78 is 0. The van der Waals surface area contributed by atoms with E-state index in [2.05, 4.69) is 17.1 Å². The second-order valence-corrected chi connectivity index (χ2v) is 7.13. The second kappa shape index (κ2) is 7.67. The maximum Gasteiger partial charge on any atom is 0.237 e. The van der Waals surface area contributed by atoms with Gasteiger partial charge in [0.1, 0.15) is 0 Å². The lowest BCUT2D eigenvalue weighted by atomic mass is 9.98. The number of benzene rings is 1. The van der Waals surface area contributed by atoms with Gasteiger partial charge >= 0.3 is 0 Å². The molecule has 22 heavy (non-hydrogen) atoms. The van der Waals surface area contributed by atoms with E-state index in [9.17, 15) is 4.79 Å². The third-order valence-electron chi connectivity index (χ3n) is 4.53. The van der Waals surface area contributed by atoms with Gasteiger partial charge in [-0.25, -0.2) is 0 Å². The van der Waals surface area contributed by atoms with Crippen LogP contribution >= 0.6 is 23.2 Å². The van der Waals surface area contributed by atoms with Gasteiger partial charge in [0.05, 0.1) is 12.1 Å². The topological polar surface area (TPSA) is 32.3 Å². The van der Waals surface area contributed by atoms with Crippen molar-refractivity contribution in [2.45, 2.75) is 45.7 Å². The van der Waals surface area contributed by atoms with E-state index >= 15 is 0 Å². The summed E-state index contributed by atoms with van der Waals surface area (Å²) >= 11 is 12.1. The van der Waals surface area contributed by atoms with Crippen LogP contribution < -0.4 is 5.32 Å². The van der Waals surface area contributed by atoms with Gasteiger partial charge in [-0.15, -0.1) is 0 Å². The molecule has 0 radical (unpaired) electrons. The number of likely N-dealkylation sites (tertiary alicyclic amines) is 1. The van der Waals surface area contributed by atoms with Crippen LogP contribution in [0.3, 0.4) is 0 Å². The molecule has 2 unspecified atom stereocenters. The van der Waals surface area contributed by atoms with Crippen molar-refractivity contribution in [2.24, 2.45) is 5.92 Å². The Morgan fingerprint density at radius 2 is 1.91 bits per heavy atom. The first-order valence-corrected chi connectivity index (χ1v) is 8.63. The lowest BCUT2D eigenvalue weighted by Gasteiger charge is -2.34. The van der Waals surface area contributed by atoms with Crippen LogP contribution in [0.15, 0.2) is 18.2 Å². The molecule has 1 amide bonds. The van der Waals surface area contributed by atoms with Crippen LogP contribution in [0.2, 0.25) is 10.0 Å². The zero-order valence-corrected chi connectivity index (χ0v) is 14.9. The number of piperidine rings is 1. The van der Waals surface area contributed by atoms with Crippen molar-refractivity contribution >= 4 is 29.1 Å². The predicted molar refractivity (Wildman–Crippen MR) is 92.5 cm³/mol. The normalized spacial score (nSPS) is 19.7. The van der Waals surface area contributed by atoms with E-state index in [1.165, 1.54) is 0 Å². The second-order valence-electron chi connectivity index (χ2n) is 6.29. The Labute approximate surface area is 143 Å². The molecule has 3 nitrogen and oxygen atoms in total. The van der Waals surface area contributed by atoms with Gasteiger partial charge in [0.25, 0.3) is 0 Å². The van der Waals surface area contributed by atoms with Gasteiger partial charge in [-0.3, -0.25) is 9.69 Å². The molecule has 0 bridgehead atoms. The largest absolute Gasteiger partial charge is 0.348 e. The number of amides is 1. The Kier molecular flexibility index (Phi) is 6.13. The van der Waals surface area contributed by atoms with Gasteiger partial charge in [0.15, 0.2) is 0 Å². The molecule has 0 spiro atoms. The smallest absolute Gasteiger partial charge is 0.237 e. The highest BCUT2D eigenvalue weighted by atomic mass is 35.5. The van der Waals surface area contributed by atoms with Gasteiger partial charge in [-0.2, -0.15) is 0 Å². The minimum atomic E-state index is -0.136. The van der Waals surface area contributed by atoms with Crippen LogP contribution in [0.25, 0.3) is 0 Å². The van der Waals surface area contributed by atoms with E-state index in [1.807, 2.05) is 19.9 Å². The quantitative estimate of drug-likeness (QED) is 0.884. The van der Waals surface area contributed by atoms with Crippen LogP contribution in [0, 0.1) is 5.92 Å². The fourth-order valence-corrected chi connectivity index (χ4v) is 3.42. The highest BCUT2D eigenvalue weighted by molar-refractivity contribution is 6.35. The van der Waals surface area contributed by atoms with Crippen molar-refractivity contribution in [1.29, 1.82) is 0 Å². The summed E-state index contributed by atoms with van der Waals surface area (Å²) in [6.07, 6.45) is 2.33. The molecular formula is C17H24Cl2N2O. The molecule has 1 aliphatic rings. The third kappa shape index (κ3) is 4.37. The number of carbonyl (C=O) groups is 1. The van der Waals surface area contributed by atoms with E-state index < -0.39 is 0 Å². The van der Waals surface area contributed by atoms with Crippen LogP contribution in [-0.2, 0) is 4.79 Å². The standard InChI is InChI=1S/C17H24Cl2N2O/c1-11-6-8-21(9-7-11)13(3)17(22)20-12(2)15-5-4-14(18)10-16(15)19/h4-5,10-13H,6-9H2,1-3H3,(H,20,22). The van der Waals surface area contributed by atoms with E-state index in [1.54, 1.807) is 12.1 Å². The Bertz CT molecular complexity index is 527. The first-order chi connectivity index (χ1) is 10.4. The molecule has 122 valence electrons. The van der Waals surface area contributed by atoms with Crippen molar-refractivity contribution in [3.8, 4) is 0 Å². The summed E-state index contributed by atoms with van der Waals surface area (Å²) in [5.41, 5.74) is 0.888. The van der Waals surface area contributed by atoms with Crippen molar-refractivity contribution in [3.05, 3.63) is 33.8 Å². The first kappa shape index (κ1) is 17.6. The summed E-state index contributed by atoms with van der Waals surface area (Å²) in [5, 5.41) is 4.24. The molecule has 1 aromatic rings. The maximum absolute atomic E-state index is 12.5. The lowest BCUT2D eigenvalue weighted by molar-refractivity contribution is -0.127. The molecule has 1 aromatic carbocycles. The van der Waals surface area contributed by atoms with Gasteiger partial charge < -0.3 is 5.32 Å². The fraction of sp³-hybridized carbons (Fsp3) is 0.588. The molecule has 1 aliphatic heterocycles. The molecule has 5 heteroatoms. The van der Waals surface area contributed by atoms with E-state index in [0.717, 1.165) is 37.4 Å². The van der Waals surface area contributed by atoms with Crippen LogP contribution in [0.5, 0.6) is 0 Å². The summed E-state index contributed by atoms with van der Waals surface area (Å²) in [6, 6.07) is 5.12. The molecule has 0 saturated carbocycles. The van der Waals surface area contributed by atoms with Crippen LogP contribution in [0.1, 0.15) is 45.2 Å². The number of hydrogen-bond acceptors (Lipinski definition) is 2. The molecule has 1 saturated heterocycles. The van der Waals surface area contributed by atoms with Crippen molar-refractivity contribution in [1.82, 2.24) is 10.2 Å². The van der Waals surface area contributed by atoms with Gasteiger partial charge in [-0.05, 0) is 63.4 Å². The maximum atomic E-state index is 12.5. The molecule has 1 N–H and O–H groups in total. The minimum Gasteiger partial charge on any atom is -0.348 e. The minimum absolute atomic E-state index is 0.0491.